The second-order valence-electron chi connectivity index (χ2n) is 4.30. The van der Waals surface area contributed by atoms with E-state index in [4.69, 9.17) is 23.2 Å². The predicted molar refractivity (Wildman–Crippen MR) is 67.5 cm³/mol. The fourth-order valence-corrected chi connectivity index (χ4v) is 2.12. The fourth-order valence-electron chi connectivity index (χ4n) is 1.95. The van der Waals surface area contributed by atoms with E-state index in [1.54, 1.807) is 0 Å². The molecule has 0 aromatic heterocycles. The average Bonchev–Trinajstić information content (AvgIpc) is 2.70. The van der Waals surface area contributed by atoms with Gasteiger partial charge < -0.3 is 10.2 Å². The molecule has 0 saturated carbocycles. The van der Waals surface area contributed by atoms with Crippen molar-refractivity contribution in [2.75, 3.05) is 32.7 Å². The number of halogens is 2. The van der Waals surface area contributed by atoms with Crippen molar-refractivity contribution in [1.82, 2.24) is 10.2 Å². The smallest absolute Gasteiger partial charge is 0.0431 e. The monoisotopic (exact) mass is 250 g/mol. The van der Waals surface area contributed by atoms with Gasteiger partial charge in [0, 0.05) is 23.7 Å². The van der Waals surface area contributed by atoms with Gasteiger partial charge in [-0.1, -0.05) is 30.1 Å². The summed E-state index contributed by atoms with van der Waals surface area (Å²) in [6.07, 6.45) is 2.72. The van der Waals surface area contributed by atoms with Gasteiger partial charge in [0.05, 0.1) is 0 Å². The Balaban J connectivity index is 2.05. The number of nitrogens with one attached hydrogen (secondary N) is 1. The van der Waals surface area contributed by atoms with Crippen LogP contribution in [0, 0.1) is 5.92 Å². The lowest BCUT2D eigenvalue weighted by molar-refractivity contribution is 0.284. The Labute approximate surface area is 103 Å². The Morgan fingerprint density at radius 3 is 2.73 bits per heavy atom. The average molecular weight is 251 g/mol. The van der Waals surface area contributed by atoms with Gasteiger partial charge in [0.1, 0.15) is 0 Å². The molecule has 4 heteroatoms. The Kier molecular flexibility index (Phi) is 6.66. The van der Waals surface area contributed by atoms with Gasteiger partial charge in [-0.15, -0.1) is 0 Å². The summed E-state index contributed by atoms with van der Waals surface area (Å²) in [6, 6.07) is 0. The predicted octanol–water partition coefficient (Wildman–Crippen LogP) is 2.63. The second-order valence-corrected chi connectivity index (χ2v) is 5.00. The molecule has 0 amide bonds. The summed E-state index contributed by atoms with van der Waals surface area (Å²) in [5, 5.41) is 3.97. The molecule has 1 rings (SSSR count). The first-order chi connectivity index (χ1) is 7.22. The SMILES string of the molecule is CC(CNCC(Cl)=CCl)CN1CCCC1. The topological polar surface area (TPSA) is 15.3 Å². The van der Waals surface area contributed by atoms with E-state index in [2.05, 4.69) is 17.1 Å². The molecule has 0 spiro atoms. The van der Waals surface area contributed by atoms with Crippen molar-refractivity contribution in [3.05, 3.63) is 10.6 Å². The zero-order chi connectivity index (χ0) is 11.1. The summed E-state index contributed by atoms with van der Waals surface area (Å²) in [7, 11) is 0. The lowest BCUT2D eigenvalue weighted by Crippen LogP contribution is -2.32. The maximum Gasteiger partial charge on any atom is 0.0431 e. The third-order valence-corrected chi connectivity index (χ3v) is 3.29. The minimum absolute atomic E-state index is 0.669. The van der Waals surface area contributed by atoms with Crippen molar-refractivity contribution in [3.8, 4) is 0 Å². The largest absolute Gasteiger partial charge is 0.311 e. The normalized spacial score (nSPS) is 20.9. The molecule has 0 bridgehead atoms. The van der Waals surface area contributed by atoms with Gasteiger partial charge in [0.25, 0.3) is 0 Å². The molecule has 0 aromatic rings. The van der Waals surface area contributed by atoms with Crippen molar-refractivity contribution in [1.29, 1.82) is 0 Å². The Hall–Kier alpha value is 0.240. The molecule has 2 nitrogen and oxygen atoms in total. The molecule has 0 aromatic carbocycles. The summed E-state index contributed by atoms with van der Waals surface area (Å²) in [4.78, 5) is 2.53. The van der Waals surface area contributed by atoms with Gasteiger partial charge in [-0.2, -0.15) is 0 Å². The van der Waals surface area contributed by atoms with Crippen molar-refractivity contribution in [2.24, 2.45) is 5.92 Å². The molecule has 1 saturated heterocycles. The molecule has 88 valence electrons. The molecule has 1 heterocycles. The molecular weight excluding hydrogens is 231 g/mol. The van der Waals surface area contributed by atoms with Crippen LogP contribution in [0.25, 0.3) is 0 Å². The number of likely N-dealkylation sites (tertiary alicyclic amines) is 1. The minimum atomic E-state index is 0.669. The zero-order valence-electron chi connectivity index (χ0n) is 9.31. The first kappa shape index (κ1) is 13.3. The third kappa shape index (κ3) is 5.76. The van der Waals surface area contributed by atoms with Gasteiger partial charge in [0.15, 0.2) is 0 Å². The highest BCUT2D eigenvalue weighted by Crippen LogP contribution is 2.09. The summed E-state index contributed by atoms with van der Waals surface area (Å²) < 4.78 is 0. The first-order valence-corrected chi connectivity index (χ1v) is 6.41. The minimum Gasteiger partial charge on any atom is -0.311 e. The Bertz CT molecular complexity index is 201. The Morgan fingerprint density at radius 1 is 1.47 bits per heavy atom. The highest BCUT2D eigenvalue weighted by Gasteiger charge is 2.14. The van der Waals surface area contributed by atoms with Crippen LogP contribution in [0.2, 0.25) is 0 Å². The van der Waals surface area contributed by atoms with E-state index in [-0.39, 0.29) is 0 Å². The summed E-state index contributed by atoms with van der Waals surface area (Å²) in [5.74, 6) is 0.669. The summed E-state index contributed by atoms with van der Waals surface area (Å²) >= 11 is 11.2. The van der Waals surface area contributed by atoms with Crippen molar-refractivity contribution >= 4 is 23.2 Å². The van der Waals surface area contributed by atoms with Gasteiger partial charge in [-0.3, -0.25) is 0 Å². The van der Waals surface area contributed by atoms with Crippen molar-refractivity contribution in [3.63, 3.8) is 0 Å². The number of hydrogen-bond donors (Lipinski definition) is 1. The fraction of sp³-hybridized carbons (Fsp3) is 0.818. The van der Waals surface area contributed by atoms with E-state index in [0.717, 1.165) is 6.54 Å². The highest BCUT2D eigenvalue weighted by molar-refractivity contribution is 6.36. The van der Waals surface area contributed by atoms with Crippen LogP contribution in [0.3, 0.4) is 0 Å². The van der Waals surface area contributed by atoms with Crippen LogP contribution in [-0.2, 0) is 0 Å². The molecule has 1 aliphatic rings. The summed E-state index contributed by atoms with van der Waals surface area (Å²) in [5.41, 5.74) is 1.42. The lowest BCUT2D eigenvalue weighted by atomic mass is 10.1. The molecule has 1 fully saturated rings. The second kappa shape index (κ2) is 7.50. The van der Waals surface area contributed by atoms with E-state index in [1.165, 1.54) is 38.0 Å². The molecule has 1 atom stereocenters. The van der Waals surface area contributed by atoms with Crippen LogP contribution < -0.4 is 5.32 Å². The van der Waals surface area contributed by atoms with Crippen LogP contribution in [0.5, 0.6) is 0 Å². The molecule has 0 radical (unpaired) electrons. The quantitative estimate of drug-likeness (QED) is 0.780. The van der Waals surface area contributed by atoms with Crippen LogP contribution in [0.4, 0.5) is 0 Å². The van der Waals surface area contributed by atoms with Crippen LogP contribution in [0.15, 0.2) is 10.6 Å². The van der Waals surface area contributed by atoms with Crippen LogP contribution >= 0.6 is 23.2 Å². The maximum atomic E-state index is 5.78. The molecule has 0 aliphatic carbocycles. The van der Waals surface area contributed by atoms with E-state index < -0.39 is 0 Å². The first-order valence-electron chi connectivity index (χ1n) is 5.60. The van der Waals surface area contributed by atoms with Gasteiger partial charge in [-0.05, 0) is 38.4 Å². The third-order valence-electron chi connectivity index (χ3n) is 2.67. The molecule has 1 aliphatic heterocycles. The number of nitrogens with zero attached hydrogens (tertiary/aromatic N) is 1. The van der Waals surface area contributed by atoms with E-state index in [0.29, 0.717) is 17.5 Å². The van der Waals surface area contributed by atoms with Crippen LogP contribution in [-0.4, -0.2) is 37.6 Å². The van der Waals surface area contributed by atoms with Crippen molar-refractivity contribution in [2.45, 2.75) is 19.8 Å². The Morgan fingerprint density at radius 2 is 2.13 bits per heavy atom. The van der Waals surface area contributed by atoms with Crippen LogP contribution in [0.1, 0.15) is 19.8 Å². The molecule has 15 heavy (non-hydrogen) atoms. The van der Waals surface area contributed by atoms with E-state index >= 15 is 0 Å². The van der Waals surface area contributed by atoms with Gasteiger partial charge >= 0.3 is 0 Å². The lowest BCUT2D eigenvalue weighted by Gasteiger charge is -2.20. The van der Waals surface area contributed by atoms with Gasteiger partial charge in [0.2, 0.25) is 0 Å². The maximum absolute atomic E-state index is 5.78. The van der Waals surface area contributed by atoms with E-state index in [9.17, 15) is 0 Å². The zero-order valence-corrected chi connectivity index (χ0v) is 10.8. The summed E-state index contributed by atoms with van der Waals surface area (Å²) in [6.45, 7) is 7.67. The number of hydrogen-bond acceptors (Lipinski definition) is 2. The standard InChI is InChI=1S/C11H20Cl2N2/c1-10(7-14-8-11(13)6-12)9-15-4-2-3-5-15/h6,10,14H,2-5,7-9H2,1H3. The van der Waals surface area contributed by atoms with E-state index in [1.807, 2.05) is 0 Å². The molecule has 1 N–H and O–H groups in total. The van der Waals surface area contributed by atoms with Gasteiger partial charge in [-0.25, -0.2) is 0 Å². The highest BCUT2D eigenvalue weighted by atomic mass is 35.5. The number of rotatable bonds is 6. The van der Waals surface area contributed by atoms with Crippen molar-refractivity contribution < 1.29 is 0 Å². The molecule has 1 unspecified atom stereocenters. The molecular formula is C11H20Cl2N2.